The summed E-state index contributed by atoms with van der Waals surface area (Å²) in [7, 11) is 0. The fourth-order valence-corrected chi connectivity index (χ4v) is 3.16. The Morgan fingerprint density at radius 2 is 2.29 bits per heavy atom. The van der Waals surface area contributed by atoms with Crippen molar-refractivity contribution in [1.29, 1.82) is 0 Å². The van der Waals surface area contributed by atoms with Gasteiger partial charge in [0.2, 0.25) is 0 Å². The Bertz CT molecular complexity index is 340. The second kappa shape index (κ2) is 6.47. The molecule has 1 aliphatic carbocycles. The van der Waals surface area contributed by atoms with Gasteiger partial charge < -0.3 is 10.5 Å². The molecule has 3 nitrogen and oxygen atoms in total. The predicted molar refractivity (Wildman–Crippen MR) is 71.1 cm³/mol. The summed E-state index contributed by atoms with van der Waals surface area (Å²) in [6.07, 6.45) is 6.32. The minimum atomic E-state index is 0.348. The highest BCUT2D eigenvalue weighted by molar-refractivity contribution is 7.09. The van der Waals surface area contributed by atoms with E-state index in [0.29, 0.717) is 18.6 Å². The van der Waals surface area contributed by atoms with Gasteiger partial charge in [0.25, 0.3) is 0 Å². The van der Waals surface area contributed by atoms with Crippen LogP contribution in [0.2, 0.25) is 0 Å². The first-order valence-corrected chi connectivity index (χ1v) is 7.46. The highest BCUT2D eigenvalue weighted by atomic mass is 32.1. The predicted octanol–water partition coefficient (Wildman–Crippen LogP) is 2.74. The van der Waals surface area contributed by atoms with Crippen molar-refractivity contribution in [3.05, 3.63) is 16.1 Å². The van der Waals surface area contributed by atoms with Crippen molar-refractivity contribution in [1.82, 2.24) is 4.98 Å². The van der Waals surface area contributed by atoms with E-state index in [1.807, 2.05) is 0 Å². The van der Waals surface area contributed by atoms with Gasteiger partial charge in [-0.1, -0.05) is 19.8 Å². The van der Waals surface area contributed by atoms with E-state index in [4.69, 9.17) is 10.5 Å². The summed E-state index contributed by atoms with van der Waals surface area (Å²) in [6.45, 7) is 3.54. The second-order valence-corrected chi connectivity index (χ2v) is 5.66. The van der Waals surface area contributed by atoms with Crippen molar-refractivity contribution >= 4 is 11.3 Å². The summed E-state index contributed by atoms with van der Waals surface area (Å²) in [4.78, 5) is 4.53. The van der Waals surface area contributed by atoms with Crippen LogP contribution in [0.15, 0.2) is 5.38 Å². The second-order valence-electron chi connectivity index (χ2n) is 4.72. The van der Waals surface area contributed by atoms with Crippen molar-refractivity contribution in [3.8, 4) is 0 Å². The van der Waals surface area contributed by atoms with Gasteiger partial charge in [0.15, 0.2) is 0 Å². The molecule has 96 valence electrons. The summed E-state index contributed by atoms with van der Waals surface area (Å²) >= 11 is 1.73. The smallest absolute Gasteiger partial charge is 0.0926 e. The van der Waals surface area contributed by atoms with E-state index in [9.17, 15) is 0 Å². The molecule has 17 heavy (non-hydrogen) atoms. The van der Waals surface area contributed by atoms with Crippen LogP contribution >= 0.6 is 11.3 Å². The summed E-state index contributed by atoms with van der Waals surface area (Å²) in [5, 5.41) is 3.31. The molecular weight excluding hydrogens is 232 g/mol. The fourth-order valence-electron chi connectivity index (χ4n) is 2.43. The number of hydrogen-bond acceptors (Lipinski definition) is 4. The largest absolute Gasteiger partial charge is 0.372 e. The van der Waals surface area contributed by atoms with Crippen LogP contribution in [-0.4, -0.2) is 17.6 Å². The fraction of sp³-hybridized carbons (Fsp3) is 0.769. The Labute approximate surface area is 107 Å². The first-order valence-electron chi connectivity index (χ1n) is 6.58. The van der Waals surface area contributed by atoms with E-state index in [2.05, 4.69) is 17.3 Å². The summed E-state index contributed by atoms with van der Waals surface area (Å²) in [5.41, 5.74) is 6.87. The molecule has 2 N–H and O–H groups in total. The lowest BCUT2D eigenvalue weighted by molar-refractivity contribution is -0.0194. The number of rotatable bonds is 5. The lowest BCUT2D eigenvalue weighted by atomic mass is 9.86. The highest BCUT2D eigenvalue weighted by Gasteiger charge is 2.24. The van der Waals surface area contributed by atoms with Gasteiger partial charge in [-0.05, 0) is 31.7 Å². The molecule has 0 aromatic carbocycles. The molecule has 4 heteroatoms. The van der Waals surface area contributed by atoms with E-state index in [0.717, 1.165) is 25.1 Å². The van der Waals surface area contributed by atoms with E-state index in [1.54, 1.807) is 11.3 Å². The minimum absolute atomic E-state index is 0.348. The Kier molecular flexibility index (Phi) is 4.95. The Morgan fingerprint density at radius 3 is 3.00 bits per heavy atom. The van der Waals surface area contributed by atoms with Crippen LogP contribution in [0.25, 0.3) is 0 Å². The zero-order chi connectivity index (χ0) is 12.1. The van der Waals surface area contributed by atoms with Crippen LogP contribution in [0.1, 0.15) is 43.3 Å². The van der Waals surface area contributed by atoms with Crippen LogP contribution in [0, 0.1) is 5.92 Å². The van der Waals surface area contributed by atoms with Gasteiger partial charge in [0.1, 0.15) is 0 Å². The maximum atomic E-state index is 5.99. The average molecular weight is 254 g/mol. The Hall–Kier alpha value is -0.450. The molecule has 0 saturated heterocycles. The molecule has 1 fully saturated rings. The van der Waals surface area contributed by atoms with Crippen molar-refractivity contribution < 1.29 is 4.74 Å². The van der Waals surface area contributed by atoms with Crippen LogP contribution in [-0.2, 0) is 17.8 Å². The van der Waals surface area contributed by atoms with Gasteiger partial charge in [-0.15, -0.1) is 11.3 Å². The molecule has 1 heterocycles. The monoisotopic (exact) mass is 254 g/mol. The third-order valence-electron chi connectivity index (χ3n) is 3.49. The zero-order valence-corrected chi connectivity index (χ0v) is 11.3. The van der Waals surface area contributed by atoms with Gasteiger partial charge in [-0.3, -0.25) is 0 Å². The molecular formula is C13H22N2OS. The van der Waals surface area contributed by atoms with Crippen LogP contribution in [0.5, 0.6) is 0 Å². The molecule has 1 aromatic rings. The van der Waals surface area contributed by atoms with Crippen LogP contribution in [0.3, 0.4) is 0 Å². The van der Waals surface area contributed by atoms with Crippen molar-refractivity contribution in [2.75, 3.05) is 6.54 Å². The first-order chi connectivity index (χ1) is 8.33. The van der Waals surface area contributed by atoms with E-state index < -0.39 is 0 Å². The number of aromatic nitrogens is 1. The van der Waals surface area contributed by atoms with Crippen LogP contribution in [0.4, 0.5) is 0 Å². The van der Waals surface area contributed by atoms with Gasteiger partial charge in [-0.25, -0.2) is 4.98 Å². The Morgan fingerprint density at radius 1 is 1.47 bits per heavy atom. The number of aryl methyl sites for hydroxylation is 1. The standard InChI is InChI=1S/C13H22N2OS/c1-2-13-15-11(9-17-13)8-16-12-6-4-3-5-10(12)7-14/h9-10,12H,2-8,14H2,1H3. The molecule has 0 spiro atoms. The third-order valence-corrected chi connectivity index (χ3v) is 4.53. The summed E-state index contributed by atoms with van der Waals surface area (Å²) < 4.78 is 5.99. The van der Waals surface area contributed by atoms with Crippen molar-refractivity contribution in [3.63, 3.8) is 0 Å². The lowest BCUT2D eigenvalue weighted by Gasteiger charge is -2.30. The van der Waals surface area contributed by atoms with E-state index in [-0.39, 0.29) is 0 Å². The van der Waals surface area contributed by atoms with Gasteiger partial charge >= 0.3 is 0 Å². The molecule has 0 amide bonds. The van der Waals surface area contributed by atoms with E-state index >= 15 is 0 Å². The topological polar surface area (TPSA) is 48.1 Å². The Balaban J connectivity index is 1.83. The van der Waals surface area contributed by atoms with Crippen LogP contribution < -0.4 is 5.73 Å². The first kappa shape index (κ1) is 13.0. The summed E-state index contributed by atoms with van der Waals surface area (Å²) in [5.74, 6) is 0.549. The molecule has 2 rings (SSSR count). The summed E-state index contributed by atoms with van der Waals surface area (Å²) in [6, 6.07) is 0. The number of hydrogen-bond donors (Lipinski definition) is 1. The molecule has 0 aliphatic heterocycles. The normalized spacial score (nSPS) is 25.1. The quantitative estimate of drug-likeness (QED) is 0.879. The van der Waals surface area contributed by atoms with Gasteiger partial charge in [0, 0.05) is 5.38 Å². The molecule has 1 aliphatic rings. The third kappa shape index (κ3) is 3.50. The number of nitrogens with two attached hydrogens (primary N) is 1. The lowest BCUT2D eigenvalue weighted by Crippen LogP contribution is -2.33. The van der Waals surface area contributed by atoms with Crippen molar-refractivity contribution in [2.24, 2.45) is 11.7 Å². The highest BCUT2D eigenvalue weighted by Crippen LogP contribution is 2.27. The molecule has 2 atom stereocenters. The van der Waals surface area contributed by atoms with Gasteiger partial charge in [0.05, 0.1) is 23.4 Å². The SMILES string of the molecule is CCc1nc(COC2CCCCC2CN)cs1. The molecule has 0 radical (unpaired) electrons. The van der Waals surface area contributed by atoms with Gasteiger partial charge in [-0.2, -0.15) is 0 Å². The van der Waals surface area contributed by atoms with E-state index in [1.165, 1.54) is 24.3 Å². The average Bonchev–Trinajstić information content (AvgIpc) is 2.84. The molecule has 1 aromatic heterocycles. The molecule has 1 saturated carbocycles. The number of ether oxygens (including phenoxy) is 1. The molecule has 2 unspecified atom stereocenters. The number of thiazole rings is 1. The molecule has 0 bridgehead atoms. The zero-order valence-electron chi connectivity index (χ0n) is 10.5. The van der Waals surface area contributed by atoms with Crippen molar-refractivity contribution in [2.45, 2.75) is 51.7 Å². The minimum Gasteiger partial charge on any atom is -0.372 e. The number of nitrogens with zero attached hydrogens (tertiary/aromatic N) is 1. The maximum absolute atomic E-state index is 5.99. The maximum Gasteiger partial charge on any atom is 0.0926 e.